The molecule has 4 aromatic rings. The van der Waals surface area contributed by atoms with Crippen LogP contribution in [0.3, 0.4) is 0 Å². The van der Waals surface area contributed by atoms with Crippen LogP contribution in [0.25, 0.3) is 11.8 Å². The van der Waals surface area contributed by atoms with E-state index in [9.17, 15) is 9.59 Å². The highest BCUT2D eigenvalue weighted by molar-refractivity contribution is 9.10. The van der Waals surface area contributed by atoms with Gasteiger partial charge >= 0.3 is 5.97 Å². The molecule has 0 saturated heterocycles. The van der Waals surface area contributed by atoms with Gasteiger partial charge in [-0.25, -0.2) is 9.79 Å². The average Bonchev–Trinajstić information content (AvgIpc) is 3.38. The third-order valence-electron chi connectivity index (χ3n) is 7.08. The summed E-state index contributed by atoms with van der Waals surface area (Å²) in [5.41, 5.74) is 6.71. The molecule has 1 aliphatic rings. The minimum atomic E-state index is -0.635. The van der Waals surface area contributed by atoms with Crippen molar-refractivity contribution in [3.8, 4) is 5.69 Å². The smallest absolute Gasteiger partial charge is 0.338 e. The van der Waals surface area contributed by atoms with E-state index in [0.29, 0.717) is 20.6 Å². The van der Waals surface area contributed by atoms with Gasteiger partial charge in [0, 0.05) is 41.3 Å². The summed E-state index contributed by atoms with van der Waals surface area (Å²) in [5, 5.41) is 0. The van der Waals surface area contributed by atoms with E-state index in [1.54, 1.807) is 18.4 Å². The molecule has 206 valence electrons. The third kappa shape index (κ3) is 4.99. The standard InChI is InChI=1S/C31H31BrN4O3S/c1-7-39-30(38)27-19(3)33-31-36(28(27)21-8-12-24(13-9-21)34(5)6)29(37)26(40-31)17-22-16-18(2)35(20(22)4)25-14-10-23(32)11-15-25/h8-17,28H,7H2,1-6H3/b26-17+/t28-/m1/s1. The topological polar surface area (TPSA) is 68.8 Å². The van der Waals surface area contributed by atoms with Crippen molar-refractivity contribution in [2.75, 3.05) is 25.6 Å². The number of rotatable bonds is 6. The zero-order chi connectivity index (χ0) is 28.7. The predicted molar refractivity (Wildman–Crippen MR) is 164 cm³/mol. The minimum absolute atomic E-state index is 0.187. The molecule has 5 rings (SSSR count). The van der Waals surface area contributed by atoms with Crippen molar-refractivity contribution in [2.45, 2.75) is 33.7 Å². The number of aryl methyl sites for hydroxylation is 1. The lowest BCUT2D eigenvalue weighted by molar-refractivity contribution is -0.139. The highest BCUT2D eigenvalue weighted by atomic mass is 79.9. The van der Waals surface area contributed by atoms with Crippen LogP contribution in [-0.4, -0.2) is 35.8 Å². The summed E-state index contributed by atoms with van der Waals surface area (Å²) in [5.74, 6) is -0.460. The van der Waals surface area contributed by atoms with Crippen LogP contribution >= 0.6 is 27.3 Å². The van der Waals surface area contributed by atoms with Gasteiger partial charge in [0.1, 0.15) is 0 Å². The lowest BCUT2D eigenvalue weighted by Crippen LogP contribution is -2.40. The SMILES string of the molecule is CCOC(=O)C1=C(C)N=c2s/c(=C/c3cc(C)n(-c4ccc(Br)cc4)c3C)c(=O)n2[C@@H]1c1ccc(N(C)C)cc1. The van der Waals surface area contributed by atoms with Gasteiger partial charge in [-0.2, -0.15) is 0 Å². The first-order valence-corrected chi connectivity index (χ1v) is 14.6. The maximum Gasteiger partial charge on any atom is 0.338 e. The molecular weight excluding hydrogens is 588 g/mol. The number of aromatic nitrogens is 2. The molecular formula is C31H31BrN4O3S. The number of nitrogens with zero attached hydrogens (tertiary/aromatic N) is 4. The van der Waals surface area contributed by atoms with Crippen molar-refractivity contribution >= 4 is 45.0 Å². The second-order valence-electron chi connectivity index (χ2n) is 9.93. The molecule has 7 nitrogen and oxygen atoms in total. The number of allylic oxidation sites excluding steroid dienone is 1. The lowest BCUT2D eigenvalue weighted by atomic mass is 9.95. The number of anilines is 1. The molecule has 0 bridgehead atoms. The van der Waals surface area contributed by atoms with Crippen molar-refractivity contribution < 1.29 is 9.53 Å². The van der Waals surface area contributed by atoms with Crippen molar-refractivity contribution in [2.24, 2.45) is 4.99 Å². The van der Waals surface area contributed by atoms with Crippen molar-refractivity contribution in [1.29, 1.82) is 0 Å². The van der Waals surface area contributed by atoms with Crippen LogP contribution in [0, 0.1) is 13.8 Å². The Kier molecular flexibility index (Phi) is 7.70. The Morgan fingerprint density at radius 2 is 1.77 bits per heavy atom. The lowest BCUT2D eigenvalue weighted by Gasteiger charge is -2.25. The minimum Gasteiger partial charge on any atom is -0.463 e. The average molecular weight is 620 g/mol. The van der Waals surface area contributed by atoms with E-state index in [1.807, 2.05) is 61.5 Å². The number of ether oxygens (including phenoxy) is 1. The van der Waals surface area contributed by atoms with Crippen LogP contribution in [-0.2, 0) is 9.53 Å². The van der Waals surface area contributed by atoms with Gasteiger partial charge in [0.2, 0.25) is 0 Å². The number of hydrogen-bond donors (Lipinski definition) is 0. The first-order valence-electron chi connectivity index (χ1n) is 13.0. The molecule has 0 fully saturated rings. The number of hydrogen-bond acceptors (Lipinski definition) is 6. The zero-order valence-electron chi connectivity index (χ0n) is 23.4. The molecule has 40 heavy (non-hydrogen) atoms. The normalized spacial score (nSPS) is 15.2. The Morgan fingerprint density at radius 3 is 2.40 bits per heavy atom. The zero-order valence-corrected chi connectivity index (χ0v) is 25.8. The van der Waals surface area contributed by atoms with E-state index in [4.69, 9.17) is 9.73 Å². The van der Waals surface area contributed by atoms with Gasteiger partial charge in [0.05, 0.1) is 28.5 Å². The van der Waals surface area contributed by atoms with Gasteiger partial charge in [0.15, 0.2) is 4.80 Å². The van der Waals surface area contributed by atoms with E-state index in [0.717, 1.165) is 38.4 Å². The molecule has 0 amide bonds. The highest BCUT2D eigenvalue weighted by Gasteiger charge is 2.33. The van der Waals surface area contributed by atoms with Gasteiger partial charge in [-0.15, -0.1) is 0 Å². The van der Waals surface area contributed by atoms with Crippen LogP contribution in [0.5, 0.6) is 0 Å². The summed E-state index contributed by atoms with van der Waals surface area (Å²) >= 11 is 4.84. The van der Waals surface area contributed by atoms with E-state index >= 15 is 0 Å². The maximum absolute atomic E-state index is 14.0. The van der Waals surface area contributed by atoms with Crippen molar-refractivity contribution in [3.63, 3.8) is 0 Å². The number of carbonyl (C=O) groups excluding carboxylic acids is 1. The third-order valence-corrected chi connectivity index (χ3v) is 8.60. The van der Waals surface area contributed by atoms with E-state index < -0.39 is 12.0 Å². The Balaban J connectivity index is 1.67. The molecule has 1 atom stereocenters. The van der Waals surface area contributed by atoms with Crippen LogP contribution in [0.4, 0.5) is 5.69 Å². The van der Waals surface area contributed by atoms with E-state index in [2.05, 4.69) is 52.5 Å². The van der Waals surface area contributed by atoms with Crippen LogP contribution in [0.1, 0.15) is 42.4 Å². The van der Waals surface area contributed by atoms with Crippen molar-refractivity contribution in [3.05, 3.63) is 113 Å². The first kappa shape index (κ1) is 27.9. The van der Waals surface area contributed by atoms with Crippen molar-refractivity contribution in [1.82, 2.24) is 9.13 Å². The van der Waals surface area contributed by atoms with E-state index in [-0.39, 0.29) is 12.2 Å². The van der Waals surface area contributed by atoms with E-state index in [1.165, 1.54) is 11.3 Å². The number of esters is 1. The fourth-order valence-corrected chi connectivity index (χ4v) is 6.43. The van der Waals surface area contributed by atoms with Crippen LogP contribution in [0.2, 0.25) is 0 Å². The fraction of sp³-hybridized carbons (Fsp3) is 0.258. The van der Waals surface area contributed by atoms with Gasteiger partial charge in [-0.1, -0.05) is 39.4 Å². The highest BCUT2D eigenvalue weighted by Crippen LogP contribution is 2.31. The molecule has 0 radical (unpaired) electrons. The molecule has 0 aliphatic carbocycles. The summed E-state index contributed by atoms with van der Waals surface area (Å²) < 4.78 is 10.8. The summed E-state index contributed by atoms with van der Waals surface area (Å²) in [6, 6.07) is 17.5. The van der Waals surface area contributed by atoms with Crippen LogP contribution < -0.4 is 19.8 Å². The van der Waals surface area contributed by atoms with Gasteiger partial charge in [-0.3, -0.25) is 9.36 Å². The number of halogens is 1. The molecule has 1 aliphatic heterocycles. The number of thiazole rings is 1. The molecule has 0 saturated carbocycles. The summed E-state index contributed by atoms with van der Waals surface area (Å²) in [4.78, 5) is 34.4. The monoisotopic (exact) mass is 618 g/mol. The van der Waals surface area contributed by atoms with Crippen LogP contribution in [0.15, 0.2) is 80.1 Å². The largest absolute Gasteiger partial charge is 0.463 e. The number of carbonyl (C=O) groups is 1. The maximum atomic E-state index is 14.0. The molecule has 2 aromatic heterocycles. The predicted octanol–water partition coefficient (Wildman–Crippen LogP) is 5.03. The molecule has 9 heteroatoms. The molecule has 0 unspecified atom stereocenters. The van der Waals surface area contributed by atoms with Gasteiger partial charge < -0.3 is 14.2 Å². The summed E-state index contributed by atoms with van der Waals surface area (Å²) in [6.07, 6.45) is 1.93. The number of fused-ring (bicyclic) bond motifs is 1. The Bertz CT molecular complexity index is 1810. The second kappa shape index (κ2) is 11.1. The fourth-order valence-electron chi connectivity index (χ4n) is 5.12. The summed E-state index contributed by atoms with van der Waals surface area (Å²) in [6.45, 7) is 7.92. The second-order valence-corrected chi connectivity index (χ2v) is 11.9. The van der Waals surface area contributed by atoms with Gasteiger partial charge in [-0.05, 0) is 87.4 Å². The Morgan fingerprint density at radius 1 is 1.10 bits per heavy atom. The quantitative estimate of drug-likeness (QED) is 0.284. The Hall–Kier alpha value is -3.69. The first-order chi connectivity index (χ1) is 19.1. The molecule has 0 spiro atoms. The number of benzene rings is 2. The molecule has 2 aromatic carbocycles. The summed E-state index contributed by atoms with van der Waals surface area (Å²) in [7, 11) is 3.94. The molecule has 3 heterocycles. The van der Waals surface area contributed by atoms with Gasteiger partial charge in [0.25, 0.3) is 5.56 Å². The molecule has 0 N–H and O–H groups in total. The Labute approximate surface area is 245 Å².